The first-order valence-electron chi connectivity index (χ1n) is 8.07. The van der Waals surface area contributed by atoms with Gasteiger partial charge >= 0.3 is 0 Å². The minimum atomic E-state index is 0.340. The lowest BCUT2D eigenvalue weighted by Gasteiger charge is -2.25. The maximum absolute atomic E-state index is 5.92. The van der Waals surface area contributed by atoms with Crippen LogP contribution in [0, 0.1) is 0 Å². The SMILES string of the molecule is CCCNC(Cc1cc(Br)cc2c1OCC2)C1CCCO1. The molecule has 4 heteroatoms. The Hall–Kier alpha value is -0.580. The van der Waals surface area contributed by atoms with Crippen LogP contribution in [0.2, 0.25) is 0 Å². The molecule has 3 rings (SSSR count). The van der Waals surface area contributed by atoms with Crippen molar-refractivity contribution in [1.29, 1.82) is 0 Å². The lowest BCUT2D eigenvalue weighted by atomic mass is 9.97. The highest BCUT2D eigenvalue weighted by Gasteiger charge is 2.28. The molecule has 0 bridgehead atoms. The van der Waals surface area contributed by atoms with E-state index < -0.39 is 0 Å². The molecule has 21 heavy (non-hydrogen) atoms. The van der Waals surface area contributed by atoms with E-state index in [1.165, 1.54) is 24.0 Å². The Morgan fingerprint density at radius 3 is 3.05 bits per heavy atom. The molecular formula is C17H24BrNO2. The van der Waals surface area contributed by atoms with E-state index in [0.717, 1.165) is 49.2 Å². The zero-order chi connectivity index (χ0) is 14.7. The quantitative estimate of drug-likeness (QED) is 0.849. The van der Waals surface area contributed by atoms with E-state index in [1.807, 2.05) is 0 Å². The Balaban J connectivity index is 1.78. The zero-order valence-electron chi connectivity index (χ0n) is 12.7. The number of ether oxygens (including phenoxy) is 2. The van der Waals surface area contributed by atoms with Crippen molar-refractivity contribution in [1.82, 2.24) is 5.32 Å². The van der Waals surface area contributed by atoms with Gasteiger partial charge in [0.2, 0.25) is 0 Å². The predicted octanol–water partition coefficient (Wildman–Crippen LogP) is 3.47. The number of hydrogen-bond acceptors (Lipinski definition) is 3. The molecular weight excluding hydrogens is 330 g/mol. The van der Waals surface area contributed by atoms with Gasteiger partial charge in [-0.25, -0.2) is 0 Å². The van der Waals surface area contributed by atoms with Crippen molar-refractivity contribution in [2.24, 2.45) is 0 Å². The molecule has 0 aliphatic carbocycles. The van der Waals surface area contributed by atoms with E-state index in [-0.39, 0.29) is 0 Å². The summed E-state index contributed by atoms with van der Waals surface area (Å²) in [4.78, 5) is 0. The highest BCUT2D eigenvalue weighted by atomic mass is 79.9. The van der Waals surface area contributed by atoms with Crippen LogP contribution in [-0.2, 0) is 17.6 Å². The molecule has 1 saturated heterocycles. The summed E-state index contributed by atoms with van der Waals surface area (Å²) in [6.45, 7) is 4.97. The predicted molar refractivity (Wildman–Crippen MR) is 88.1 cm³/mol. The van der Waals surface area contributed by atoms with Crippen molar-refractivity contribution < 1.29 is 9.47 Å². The van der Waals surface area contributed by atoms with Gasteiger partial charge in [0.25, 0.3) is 0 Å². The van der Waals surface area contributed by atoms with E-state index in [0.29, 0.717) is 12.1 Å². The first-order chi connectivity index (χ1) is 10.3. The average Bonchev–Trinajstić information content (AvgIpc) is 3.13. The molecule has 1 aromatic rings. The number of benzene rings is 1. The molecule has 1 aromatic carbocycles. The molecule has 0 saturated carbocycles. The van der Waals surface area contributed by atoms with Crippen molar-refractivity contribution in [3.63, 3.8) is 0 Å². The Labute approximate surface area is 135 Å². The number of halogens is 1. The maximum Gasteiger partial charge on any atom is 0.125 e. The van der Waals surface area contributed by atoms with Gasteiger partial charge in [-0.05, 0) is 55.5 Å². The minimum absolute atomic E-state index is 0.340. The van der Waals surface area contributed by atoms with E-state index >= 15 is 0 Å². The lowest BCUT2D eigenvalue weighted by molar-refractivity contribution is 0.0782. The molecule has 2 unspecified atom stereocenters. The Morgan fingerprint density at radius 1 is 1.38 bits per heavy atom. The number of nitrogens with one attached hydrogen (secondary N) is 1. The second-order valence-corrected chi connectivity index (χ2v) is 6.88. The van der Waals surface area contributed by atoms with Gasteiger partial charge in [-0.3, -0.25) is 0 Å². The molecule has 0 radical (unpaired) electrons. The average molecular weight is 354 g/mol. The van der Waals surface area contributed by atoms with Crippen molar-refractivity contribution in [3.05, 3.63) is 27.7 Å². The normalized spacial score (nSPS) is 22.1. The van der Waals surface area contributed by atoms with Crippen LogP contribution < -0.4 is 10.1 Å². The molecule has 2 atom stereocenters. The van der Waals surface area contributed by atoms with E-state index in [4.69, 9.17) is 9.47 Å². The van der Waals surface area contributed by atoms with Gasteiger partial charge in [-0.1, -0.05) is 22.9 Å². The summed E-state index contributed by atoms with van der Waals surface area (Å²) in [6, 6.07) is 4.78. The lowest BCUT2D eigenvalue weighted by Crippen LogP contribution is -2.41. The fourth-order valence-corrected chi connectivity index (χ4v) is 3.87. The van der Waals surface area contributed by atoms with E-state index in [9.17, 15) is 0 Å². The van der Waals surface area contributed by atoms with Crippen LogP contribution in [-0.4, -0.2) is 31.9 Å². The summed E-state index contributed by atoms with van der Waals surface area (Å²) in [7, 11) is 0. The first kappa shape index (κ1) is 15.3. The third-order valence-electron chi connectivity index (χ3n) is 4.34. The van der Waals surface area contributed by atoms with Crippen LogP contribution in [0.3, 0.4) is 0 Å². The van der Waals surface area contributed by atoms with Crippen LogP contribution in [0.5, 0.6) is 5.75 Å². The highest BCUT2D eigenvalue weighted by Crippen LogP contribution is 2.34. The fraction of sp³-hybridized carbons (Fsp3) is 0.647. The summed E-state index contributed by atoms with van der Waals surface area (Å²) in [6.07, 6.45) is 5.84. The summed E-state index contributed by atoms with van der Waals surface area (Å²) in [5.74, 6) is 1.11. The third kappa shape index (κ3) is 3.61. The topological polar surface area (TPSA) is 30.5 Å². The molecule has 1 fully saturated rings. The van der Waals surface area contributed by atoms with Crippen LogP contribution in [0.15, 0.2) is 16.6 Å². The van der Waals surface area contributed by atoms with Crippen LogP contribution in [0.1, 0.15) is 37.3 Å². The summed E-state index contributed by atoms with van der Waals surface area (Å²) >= 11 is 3.63. The molecule has 2 aliphatic rings. The molecule has 116 valence electrons. The van der Waals surface area contributed by atoms with Gasteiger partial charge < -0.3 is 14.8 Å². The Morgan fingerprint density at radius 2 is 2.29 bits per heavy atom. The summed E-state index contributed by atoms with van der Waals surface area (Å²) < 4.78 is 12.9. The standard InChI is InChI=1S/C17H24BrNO2/c1-2-6-19-15(16-4-3-7-20-16)11-13-10-14(18)9-12-5-8-21-17(12)13/h9-10,15-16,19H,2-8,11H2,1H3. The van der Waals surface area contributed by atoms with Gasteiger partial charge in [0.05, 0.1) is 12.7 Å². The second kappa shape index (κ2) is 7.12. The highest BCUT2D eigenvalue weighted by molar-refractivity contribution is 9.10. The molecule has 2 heterocycles. The van der Waals surface area contributed by atoms with E-state index in [1.54, 1.807) is 0 Å². The summed E-state index contributed by atoms with van der Waals surface area (Å²) in [5.41, 5.74) is 2.64. The first-order valence-corrected chi connectivity index (χ1v) is 8.86. The summed E-state index contributed by atoms with van der Waals surface area (Å²) in [5, 5.41) is 3.67. The number of hydrogen-bond donors (Lipinski definition) is 1. The van der Waals surface area contributed by atoms with Crippen molar-refractivity contribution in [2.75, 3.05) is 19.8 Å². The van der Waals surface area contributed by atoms with Gasteiger partial charge in [0.1, 0.15) is 5.75 Å². The second-order valence-electron chi connectivity index (χ2n) is 5.97. The number of fused-ring (bicyclic) bond motifs is 1. The van der Waals surface area contributed by atoms with Crippen LogP contribution in [0.4, 0.5) is 0 Å². The van der Waals surface area contributed by atoms with Gasteiger partial charge in [0.15, 0.2) is 0 Å². The molecule has 0 amide bonds. The van der Waals surface area contributed by atoms with Crippen molar-refractivity contribution >= 4 is 15.9 Å². The largest absolute Gasteiger partial charge is 0.493 e. The molecule has 3 nitrogen and oxygen atoms in total. The molecule has 0 spiro atoms. The van der Waals surface area contributed by atoms with Crippen LogP contribution in [0.25, 0.3) is 0 Å². The molecule has 1 N–H and O–H groups in total. The zero-order valence-corrected chi connectivity index (χ0v) is 14.2. The maximum atomic E-state index is 5.92. The van der Waals surface area contributed by atoms with Gasteiger partial charge in [0, 0.05) is 23.5 Å². The fourth-order valence-electron chi connectivity index (χ4n) is 3.32. The van der Waals surface area contributed by atoms with Gasteiger partial charge in [-0.2, -0.15) is 0 Å². The third-order valence-corrected chi connectivity index (χ3v) is 4.79. The van der Waals surface area contributed by atoms with Crippen molar-refractivity contribution in [2.45, 2.75) is 51.2 Å². The minimum Gasteiger partial charge on any atom is -0.493 e. The molecule has 2 aliphatic heterocycles. The molecule has 0 aromatic heterocycles. The Bertz CT molecular complexity index is 486. The van der Waals surface area contributed by atoms with Crippen molar-refractivity contribution in [3.8, 4) is 5.75 Å². The van der Waals surface area contributed by atoms with E-state index in [2.05, 4.69) is 40.3 Å². The van der Waals surface area contributed by atoms with Gasteiger partial charge in [-0.15, -0.1) is 0 Å². The van der Waals surface area contributed by atoms with Crippen LogP contribution >= 0.6 is 15.9 Å². The Kier molecular flexibility index (Phi) is 5.19. The number of rotatable bonds is 6. The monoisotopic (exact) mass is 353 g/mol. The smallest absolute Gasteiger partial charge is 0.125 e.